The van der Waals surface area contributed by atoms with Gasteiger partial charge in [0.05, 0.1) is 0 Å². The van der Waals surface area contributed by atoms with Crippen LogP contribution in [0.3, 0.4) is 0 Å². The third-order valence-electron chi connectivity index (χ3n) is 0. The van der Waals surface area contributed by atoms with Gasteiger partial charge in [0.2, 0.25) is 0 Å². The summed E-state index contributed by atoms with van der Waals surface area (Å²) >= 11 is 0. The Bertz CT molecular complexity index is 4.14. The second-order valence-electron chi connectivity index (χ2n) is 0. The van der Waals surface area contributed by atoms with Gasteiger partial charge in [-0.3, -0.25) is 0 Å². The van der Waals surface area contributed by atoms with Crippen LogP contribution in [0, 0.1) is 0 Å². The maximum Gasteiger partial charge on any atom is 0 e. The van der Waals surface area contributed by atoms with Gasteiger partial charge < -0.3 is 0 Å². The minimum absolute atomic E-state index is 0. The minimum Gasteiger partial charge on any atom is -0.114 e. The van der Waals surface area contributed by atoms with Crippen LogP contribution in [0.5, 0.6) is 0 Å². The van der Waals surface area contributed by atoms with Crippen LogP contribution in [-0.2, 0) is 20.1 Å². The topological polar surface area (TPSA) is 0 Å². The van der Waals surface area contributed by atoms with Crippen LogP contribution in [0.4, 0.5) is 0 Å². The van der Waals surface area contributed by atoms with Gasteiger partial charge in [0.25, 0.3) is 0 Å². The summed E-state index contributed by atoms with van der Waals surface area (Å²) in [7, 11) is 0. The SMILES string of the molecule is Br.Br.Br.Br.Br.Br.[Ir]. The zero-order valence-electron chi connectivity index (χ0n) is 2.78. The van der Waals surface area contributed by atoms with Crippen molar-refractivity contribution in [1.82, 2.24) is 0 Å². The fourth-order valence-corrected chi connectivity index (χ4v) is 0. The maximum absolute atomic E-state index is 0. The predicted molar refractivity (Wildman–Crippen MR) is 61.9 cm³/mol. The molecule has 0 aliphatic carbocycles. The quantitative estimate of drug-likeness (QED) is 0.369. The van der Waals surface area contributed by atoms with Crippen molar-refractivity contribution in [2.45, 2.75) is 0 Å². The second kappa shape index (κ2) is 55.7. The molecule has 0 bridgehead atoms. The summed E-state index contributed by atoms with van der Waals surface area (Å²) in [6, 6.07) is 0. The molecule has 0 aromatic carbocycles. The van der Waals surface area contributed by atoms with Crippen LogP contribution in [0.2, 0.25) is 0 Å². The Morgan fingerprint density at radius 3 is 0.286 bits per heavy atom. The van der Waals surface area contributed by atoms with Crippen molar-refractivity contribution >= 4 is 102 Å². The summed E-state index contributed by atoms with van der Waals surface area (Å²) in [6.07, 6.45) is 0. The first-order chi connectivity index (χ1) is 0. The molecule has 1 radical (unpaired) electrons. The van der Waals surface area contributed by atoms with E-state index in [4.69, 9.17) is 0 Å². The van der Waals surface area contributed by atoms with E-state index in [-0.39, 0.29) is 122 Å². The van der Waals surface area contributed by atoms with Crippen molar-refractivity contribution in [3.63, 3.8) is 0 Å². The Morgan fingerprint density at radius 1 is 0.286 bits per heavy atom. The Labute approximate surface area is 120 Å². The standard InChI is InChI=1S/6BrH.Ir/h6*1H;. The summed E-state index contributed by atoms with van der Waals surface area (Å²) in [5.74, 6) is 0. The Morgan fingerprint density at radius 2 is 0.286 bits per heavy atom. The molecule has 0 atom stereocenters. The van der Waals surface area contributed by atoms with Crippen molar-refractivity contribution in [3.8, 4) is 0 Å². The van der Waals surface area contributed by atoms with Crippen molar-refractivity contribution in [2.75, 3.05) is 0 Å². The molecule has 0 N–H and O–H groups in total. The molecule has 0 nitrogen and oxygen atoms in total. The zero-order chi connectivity index (χ0) is 0. The molecule has 0 aliphatic rings. The van der Waals surface area contributed by atoms with E-state index in [0.29, 0.717) is 0 Å². The van der Waals surface area contributed by atoms with E-state index in [0.717, 1.165) is 0 Å². The second-order valence-corrected chi connectivity index (χ2v) is 0. The molecule has 0 saturated carbocycles. The first kappa shape index (κ1) is 76.8. The summed E-state index contributed by atoms with van der Waals surface area (Å²) in [5.41, 5.74) is 0. The van der Waals surface area contributed by atoms with Crippen LogP contribution in [0.25, 0.3) is 0 Å². The van der Waals surface area contributed by atoms with Crippen LogP contribution in [-0.4, -0.2) is 0 Å². The average Bonchev–Trinajstić information content (AvgIpc) is 0. The van der Waals surface area contributed by atoms with Gasteiger partial charge in [0.1, 0.15) is 0 Å². The van der Waals surface area contributed by atoms with E-state index in [9.17, 15) is 0 Å². The summed E-state index contributed by atoms with van der Waals surface area (Å²) in [4.78, 5) is 0. The van der Waals surface area contributed by atoms with Gasteiger partial charge in [-0.15, -0.1) is 102 Å². The molecule has 0 spiro atoms. The smallest absolute Gasteiger partial charge is 0 e. The molecule has 0 fully saturated rings. The van der Waals surface area contributed by atoms with Crippen molar-refractivity contribution in [3.05, 3.63) is 0 Å². The van der Waals surface area contributed by atoms with E-state index in [2.05, 4.69) is 0 Å². The van der Waals surface area contributed by atoms with Gasteiger partial charge in [0.15, 0.2) is 0 Å². The van der Waals surface area contributed by atoms with Crippen LogP contribution < -0.4 is 0 Å². The molecule has 7 heteroatoms. The van der Waals surface area contributed by atoms with Crippen molar-refractivity contribution in [1.29, 1.82) is 0 Å². The first-order valence-electron chi connectivity index (χ1n) is 0. The zero-order valence-corrected chi connectivity index (χ0v) is 15.5. The number of halogens is 6. The number of hydrogen-bond donors (Lipinski definition) is 0. The molecule has 0 unspecified atom stereocenters. The average molecular weight is 678 g/mol. The normalized spacial score (nSPS) is 0. The Kier molecular flexibility index (Phi) is 610. The molecule has 7 heavy (non-hydrogen) atoms. The summed E-state index contributed by atoms with van der Waals surface area (Å²) in [5, 5.41) is 0. The fraction of sp³-hybridized carbons (Fsp3) is 0. The predicted octanol–water partition coefficient (Wildman–Crippen LogP) is 3.46. The maximum atomic E-state index is 0. The largest absolute Gasteiger partial charge is 0.114 e. The molecular weight excluding hydrogens is 672 g/mol. The van der Waals surface area contributed by atoms with Crippen LogP contribution in [0.1, 0.15) is 0 Å². The molecule has 0 aliphatic heterocycles. The molecule has 0 aromatic heterocycles. The fourth-order valence-electron chi connectivity index (χ4n) is 0. The van der Waals surface area contributed by atoms with Gasteiger partial charge in [-0.05, 0) is 0 Å². The Hall–Kier alpha value is 3.53. The number of hydrogen-bond acceptors (Lipinski definition) is 0. The van der Waals surface area contributed by atoms with E-state index >= 15 is 0 Å². The van der Waals surface area contributed by atoms with Gasteiger partial charge in [-0.1, -0.05) is 0 Å². The Balaban J connectivity index is 0. The van der Waals surface area contributed by atoms with E-state index < -0.39 is 0 Å². The van der Waals surface area contributed by atoms with Crippen molar-refractivity contribution in [2.24, 2.45) is 0 Å². The molecule has 0 rings (SSSR count). The monoisotopic (exact) mass is 673 g/mol. The first-order valence-corrected chi connectivity index (χ1v) is 0. The molecule has 0 saturated heterocycles. The van der Waals surface area contributed by atoms with E-state index in [1.54, 1.807) is 0 Å². The van der Waals surface area contributed by atoms with Gasteiger partial charge in [-0.2, -0.15) is 0 Å². The minimum atomic E-state index is 0. The molecule has 0 aromatic rings. The van der Waals surface area contributed by atoms with E-state index in [1.807, 2.05) is 0 Å². The summed E-state index contributed by atoms with van der Waals surface area (Å²) in [6.45, 7) is 0. The molecule has 0 amide bonds. The third kappa shape index (κ3) is 43.4. The third-order valence-corrected chi connectivity index (χ3v) is 0. The van der Waals surface area contributed by atoms with Gasteiger partial charge in [-0.25, -0.2) is 0 Å². The van der Waals surface area contributed by atoms with Crippen molar-refractivity contribution < 1.29 is 20.1 Å². The van der Waals surface area contributed by atoms with Gasteiger partial charge in [0, 0.05) is 20.1 Å². The van der Waals surface area contributed by atoms with E-state index in [1.165, 1.54) is 0 Å². The molecule has 0 heterocycles. The summed E-state index contributed by atoms with van der Waals surface area (Å²) < 4.78 is 0. The van der Waals surface area contributed by atoms with Gasteiger partial charge >= 0.3 is 0 Å². The molecular formula is H6Br6Ir. The van der Waals surface area contributed by atoms with Crippen LogP contribution >= 0.6 is 102 Å². The number of rotatable bonds is 0. The molecule has 57 valence electrons. The van der Waals surface area contributed by atoms with Crippen LogP contribution in [0.15, 0.2) is 0 Å².